The molecule has 0 saturated carbocycles. The van der Waals surface area contributed by atoms with E-state index in [0.717, 1.165) is 0 Å². The number of hydrogen-bond donors (Lipinski definition) is 0. The Labute approximate surface area is 118 Å². The van der Waals surface area contributed by atoms with E-state index in [1.807, 2.05) is 0 Å². The first-order chi connectivity index (χ1) is 9.56. The summed E-state index contributed by atoms with van der Waals surface area (Å²) in [5.41, 5.74) is 1.24. The molecule has 0 aliphatic carbocycles. The highest BCUT2D eigenvalue weighted by Crippen LogP contribution is 2.34. The Morgan fingerprint density at radius 2 is 2.10 bits per heavy atom. The van der Waals surface area contributed by atoms with Gasteiger partial charge in [0.15, 0.2) is 0 Å². The minimum atomic E-state index is -2.63. The fourth-order valence-electron chi connectivity index (χ4n) is 2.12. The van der Waals surface area contributed by atoms with E-state index in [4.69, 9.17) is 11.6 Å². The molecule has 2 heterocycles. The SMILES string of the molecule is Cn1cc(-c2nc3cccc(Cl)c3cc2C(F)F)cn1. The molecule has 102 valence electrons. The van der Waals surface area contributed by atoms with Crippen molar-refractivity contribution >= 4 is 22.5 Å². The van der Waals surface area contributed by atoms with Crippen molar-refractivity contribution in [3.05, 3.63) is 47.2 Å². The quantitative estimate of drug-likeness (QED) is 0.708. The summed E-state index contributed by atoms with van der Waals surface area (Å²) in [5.74, 6) is 0. The summed E-state index contributed by atoms with van der Waals surface area (Å²) in [7, 11) is 1.73. The first kappa shape index (κ1) is 13.0. The smallest absolute Gasteiger partial charge is 0.265 e. The van der Waals surface area contributed by atoms with E-state index in [1.54, 1.807) is 36.1 Å². The fourth-order valence-corrected chi connectivity index (χ4v) is 2.34. The second kappa shape index (κ2) is 4.83. The number of halogens is 3. The van der Waals surface area contributed by atoms with Crippen LogP contribution in [0.25, 0.3) is 22.2 Å². The number of alkyl halides is 2. The number of hydrogen-bond acceptors (Lipinski definition) is 2. The number of nitrogens with zero attached hydrogens (tertiary/aromatic N) is 3. The van der Waals surface area contributed by atoms with Gasteiger partial charge in [-0.15, -0.1) is 0 Å². The van der Waals surface area contributed by atoms with E-state index in [-0.39, 0.29) is 11.3 Å². The molecule has 0 aliphatic heterocycles. The molecule has 1 aromatic carbocycles. The molecule has 3 nitrogen and oxygen atoms in total. The highest BCUT2D eigenvalue weighted by Gasteiger charge is 2.18. The third-order valence-corrected chi connectivity index (χ3v) is 3.38. The summed E-state index contributed by atoms with van der Waals surface area (Å²) < 4.78 is 28.1. The Hall–Kier alpha value is -2.01. The van der Waals surface area contributed by atoms with E-state index in [9.17, 15) is 8.78 Å². The van der Waals surface area contributed by atoms with Crippen molar-refractivity contribution in [2.45, 2.75) is 6.43 Å². The molecule has 0 fully saturated rings. The van der Waals surface area contributed by atoms with Crippen molar-refractivity contribution in [1.82, 2.24) is 14.8 Å². The van der Waals surface area contributed by atoms with Gasteiger partial charge < -0.3 is 0 Å². The Morgan fingerprint density at radius 3 is 2.75 bits per heavy atom. The zero-order valence-corrected chi connectivity index (χ0v) is 11.3. The molecule has 20 heavy (non-hydrogen) atoms. The maximum absolute atomic E-state index is 13.3. The normalized spacial score (nSPS) is 11.4. The molecular formula is C14H10ClF2N3. The number of rotatable bonds is 2. The highest BCUT2D eigenvalue weighted by atomic mass is 35.5. The monoisotopic (exact) mass is 293 g/mol. The molecule has 0 unspecified atom stereocenters. The third kappa shape index (κ3) is 2.14. The number of fused-ring (bicyclic) bond motifs is 1. The van der Waals surface area contributed by atoms with Crippen LogP contribution in [0.15, 0.2) is 36.7 Å². The lowest BCUT2D eigenvalue weighted by Gasteiger charge is -2.09. The second-order valence-electron chi connectivity index (χ2n) is 4.44. The average molecular weight is 294 g/mol. The van der Waals surface area contributed by atoms with Gasteiger partial charge >= 0.3 is 0 Å². The summed E-state index contributed by atoms with van der Waals surface area (Å²) >= 11 is 6.03. The van der Waals surface area contributed by atoms with E-state index in [1.165, 1.54) is 12.3 Å². The molecule has 0 N–H and O–H groups in total. The summed E-state index contributed by atoms with van der Waals surface area (Å²) in [5, 5.41) is 4.93. The molecular weight excluding hydrogens is 284 g/mol. The van der Waals surface area contributed by atoms with Crippen LogP contribution in [0.2, 0.25) is 5.02 Å². The zero-order valence-electron chi connectivity index (χ0n) is 10.5. The number of aryl methyl sites for hydroxylation is 1. The lowest BCUT2D eigenvalue weighted by atomic mass is 10.1. The van der Waals surface area contributed by atoms with Crippen molar-refractivity contribution in [3.8, 4) is 11.3 Å². The van der Waals surface area contributed by atoms with Crippen molar-refractivity contribution in [3.63, 3.8) is 0 Å². The van der Waals surface area contributed by atoms with Crippen LogP contribution in [0.1, 0.15) is 12.0 Å². The molecule has 0 amide bonds. The van der Waals surface area contributed by atoms with Crippen molar-refractivity contribution in [1.29, 1.82) is 0 Å². The van der Waals surface area contributed by atoms with E-state index < -0.39 is 6.43 Å². The van der Waals surface area contributed by atoms with Crippen LogP contribution in [0, 0.1) is 0 Å². The largest absolute Gasteiger partial charge is 0.275 e. The van der Waals surface area contributed by atoms with Gasteiger partial charge in [-0.3, -0.25) is 4.68 Å². The molecule has 0 radical (unpaired) electrons. The standard InChI is InChI=1S/C14H10ClF2N3/c1-20-7-8(6-18-20)13-10(14(16)17)5-9-11(15)3-2-4-12(9)19-13/h2-7,14H,1H3. The molecule has 0 aliphatic rings. The molecule has 3 aromatic rings. The lowest BCUT2D eigenvalue weighted by molar-refractivity contribution is 0.152. The predicted octanol–water partition coefficient (Wildman–Crippen LogP) is 4.23. The first-order valence-electron chi connectivity index (χ1n) is 5.92. The number of aromatic nitrogens is 3. The van der Waals surface area contributed by atoms with Crippen LogP contribution in [0.5, 0.6) is 0 Å². The molecule has 2 aromatic heterocycles. The fraction of sp³-hybridized carbons (Fsp3) is 0.143. The Kier molecular flexibility index (Phi) is 3.14. The van der Waals surface area contributed by atoms with Crippen LogP contribution in [0.4, 0.5) is 8.78 Å². The summed E-state index contributed by atoms with van der Waals surface area (Å²) in [4.78, 5) is 4.32. The van der Waals surface area contributed by atoms with Crippen molar-refractivity contribution in [2.75, 3.05) is 0 Å². The third-order valence-electron chi connectivity index (χ3n) is 3.05. The maximum Gasteiger partial charge on any atom is 0.265 e. The molecule has 6 heteroatoms. The van der Waals surface area contributed by atoms with Gasteiger partial charge in [-0.05, 0) is 18.2 Å². The summed E-state index contributed by atoms with van der Waals surface area (Å²) in [6.07, 6.45) is 0.549. The van der Waals surface area contributed by atoms with Gasteiger partial charge in [0.1, 0.15) is 0 Å². The molecule has 0 bridgehead atoms. The molecule has 0 spiro atoms. The van der Waals surface area contributed by atoms with Gasteiger partial charge in [-0.25, -0.2) is 13.8 Å². The Morgan fingerprint density at radius 1 is 1.30 bits per heavy atom. The lowest BCUT2D eigenvalue weighted by Crippen LogP contribution is -1.95. The topological polar surface area (TPSA) is 30.7 Å². The predicted molar refractivity (Wildman–Crippen MR) is 73.9 cm³/mol. The molecule has 0 atom stereocenters. The van der Waals surface area contributed by atoms with Gasteiger partial charge in [0.2, 0.25) is 0 Å². The van der Waals surface area contributed by atoms with Crippen LogP contribution < -0.4 is 0 Å². The second-order valence-corrected chi connectivity index (χ2v) is 4.84. The van der Waals surface area contributed by atoms with Crippen molar-refractivity contribution < 1.29 is 8.78 Å². The Bertz CT molecular complexity index is 783. The highest BCUT2D eigenvalue weighted by molar-refractivity contribution is 6.35. The Balaban J connectivity index is 2.32. The summed E-state index contributed by atoms with van der Waals surface area (Å²) in [6.45, 7) is 0. The van der Waals surface area contributed by atoms with Crippen LogP contribution >= 0.6 is 11.6 Å². The van der Waals surface area contributed by atoms with Gasteiger partial charge in [0, 0.05) is 34.8 Å². The van der Waals surface area contributed by atoms with Gasteiger partial charge in [-0.2, -0.15) is 5.10 Å². The maximum atomic E-state index is 13.3. The number of benzene rings is 1. The number of pyridine rings is 1. The van der Waals surface area contributed by atoms with Crippen molar-refractivity contribution in [2.24, 2.45) is 7.05 Å². The average Bonchev–Trinajstić information content (AvgIpc) is 2.84. The first-order valence-corrected chi connectivity index (χ1v) is 6.30. The zero-order chi connectivity index (χ0) is 14.3. The molecule has 0 saturated heterocycles. The van der Waals surface area contributed by atoms with Gasteiger partial charge in [-0.1, -0.05) is 17.7 Å². The minimum Gasteiger partial charge on any atom is -0.275 e. The van der Waals surface area contributed by atoms with Crippen LogP contribution in [-0.2, 0) is 7.05 Å². The minimum absolute atomic E-state index is 0.140. The van der Waals surface area contributed by atoms with Crippen LogP contribution in [-0.4, -0.2) is 14.8 Å². The molecule has 3 rings (SSSR count). The van der Waals surface area contributed by atoms with E-state index in [0.29, 0.717) is 21.5 Å². The van der Waals surface area contributed by atoms with Crippen LogP contribution in [0.3, 0.4) is 0 Å². The van der Waals surface area contributed by atoms with E-state index >= 15 is 0 Å². The van der Waals surface area contributed by atoms with Gasteiger partial charge in [0.05, 0.1) is 17.4 Å². The summed E-state index contributed by atoms with van der Waals surface area (Å²) in [6, 6.07) is 6.55. The van der Waals surface area contributed by atoms with Gasteiger partial charge in [0.25, 0.3) is 6.43 Å². The van der Waals surface area contributed by atoms with E-state index in [2.05, 4.69) is 10.1 Å².